The molecule has 0 N–H and O–H groups in total. The number of nitrogens with zero attached hydrogens (tertiary/aromatic N) is 4. The summed E-state index contributed by atoms with van der Waals surface area (Å²) in [6.07, 6.45) is 3.18. The van der Waals surface area contributed by atoms with Gasteiger partial charge in [-0.3, -0.25) is 4.99 Å². The number of rotatable bonds is 6. The maximum atomic E-state index is 5.18. The van der Waals surface area contributed by atoms with Gasteiger partial charge in [-0.15, -0.1) is 0 Å². The van der Waals surface area contributed by atoms with Gasteiger partial charge in [-0.05, 0) is 65.3 Å². The molecule has 0 amide bonds. The van der Waals surface area contributed by atoms with Crippen molar-refractivity contribution >= 4 is 5.71 Å². The van der Waals surface area contributed by atoms with Gasteiger partial charge in [0.1, 0.15) is 0 Å². The van der Waals surface area contributed by atoms with Crippen molar-refractivity contribution in [1.29, 1.82) is 0 Å². The summed E-state index contributed by atoms with van der Waals surface area (Å²) in [5.41, 5.74) is 13.3. The summed E-state index contributed by atoms with van der Waals surface area (Å²) in [6.45, 7) is 4.19. The molecule has 2 aliphatic rings. The predicted molar refractivity (Wildman–Crippen MR) is 208 cm³/mol. The second-order valence-electron chi connectivity index (χ2n) is 13.5. The summed E-state index contributed by atoms with van der Waals surface area (Å²) in [6, 6.07) is 56.1. The van der Waals surface area contributed by atoms with Crippen molar-refractivity contribution < 1.29 is 0 Å². The highest BCUT2D eigenvalue weighted by Gasteiger charge is 2.46. The molecule has 6 aromatic carbocycles. The average Bonchev–Trinajstić information content (AvgIpc) is 3.49. The maximum absolute atomic E-state index is 5.18. The standard InChI is InChI=1S/C47H36N4/c1-31-22-28-39(32(2)48-31)33-23-25-35(26-24-33)45-49-44(34-14-6-3-7-15-34)50-46(51-45)36-27-29-41-40-20-12-13-21-42(40)47(43(41)30-36,37-16-8-4-9-17-37)38-18-10-5-11-19-38/h3-27,29-30,39H,28H2,1-2H3. The summed E-state index contributed by atoms with van der Waals surface area (Å²) in [4.78, 5) is 20.1. The fourth-order valence-electron chi connectivity index (χ4n) is 8.04. The topological polar surface area (TPSA) is 51.0 Å². The molecule has 4 nitrogen and oxygen atoms in total. The Balaban J connectivity index is 1.22. The molecule has 244 valence electrons. The predicted octanol–water partition coefficient (Wildman–Crippen LogP) is 11.1. The van der Waals surface area contributed by atoms with Crippen molar-refractivity contribution in [3.63, 3.8) is 0 Å². The fraction of sp³-hybridized carbons (Fsp3) is 0.106. The van der Waals surface area contributed by atoms with Crippen LogP contribution >= 0.6 is 0 Å². The molecular formula is C47H36N4. The van der Waals surface area contributed by atoms with E-state index in [0.29, 0.717) is 17.5 Å². The molecule has 0 saturated heterocycles. The first kappa shape index (κ1) is 30.8. The number of fused-ring (bicyclic) bond motifs is 3. The summed E-state index contributed by atoms with van der Waals surface area (Å²) >= 11 is 0. The molecule has 4 heteroatoms. The number of hydrogen-bond donors (Lipinski definition) is 0. The van der Waals surface area contributed by atoms with Crippen LogP contribution in [0.3, 0.4) is 0 Å². The minimum Gasteiger partial charge on any atom is -0.263 e. The number of allylic oxidation sites excluding steroid dienone is 2. The minimum absolute atomic E-state index is 0.279. The molecule has 0 radical (unpaired) electrons. The Morgan fingerprint density at radius 3 is 1.63 bits per heavy atom. The van der Waals surface area contributed by atoms with Gasteiger partial charge >= 0.3 is 0 Å². The molecule has 1 unspecified atom stereocenters. The van der Waals surface area contributed by atoms with Gasteiger partial charge < -0.3 is 0 Å². The van der Waals surface area contributed by atoms with Crippen LogP contribution in [0.25, 0.3) is 45.3 Å². The van der Waals surface area contributed by atoms with Crippen LogP contribution in [-0.2, 0) is 5.41 Å². The average molecular weight is 657 g/mol. The zero-order valence-electron chi connectivity index (χ0n) is 28.7. The molecule has 7 aromatic rings. The van der Waals surface area contributed by atoms with Crippen LogP contribution in [-0.4, -0.2) is 20.7 Å². The second-order valence-corrected chi connectivity index (χ2v) is 13.5. The van der Waals surface area contributed by atoms with E-state index in [0.717, 1.165) is 34.5 Å². The molecule has 2 heterocycles. The summed E-state index contributed by atoms with van der Waals surface area (Å²) in [7, 11) is 0. The molecule has 0 fully saturated rings. The van der Waals surface area contributed by atoms with E-state index in [1.54, 1.807) is 0 Å². The van der Waals surface area contributed by atoms with E-state index in [1.165, 1.54) is 38.9 Å². The zero-order valence-corrected chi connectivity index (χ0v) is 28.7. The fourth-order valence-corrected chi connectivity index (χ4v) is 8.04. The van der Waals surface area contributed by atoms with Crippen LogP contribution in [0.15, 0.2) is 174 Å². The Morgan fingerprint density at radius 2 is 1.00 bits per heavy atom. The highest BCUT2D eigenvalue weighted by molar-refractivity contribution is 5.91. The molecule has 0 bridgehead atoms. The van der Waals surface area contributed by atoms with Gasteiger partial charge in [0.2, 0.25) is 0 Å². The van der Waals surface area contributed by atoms with Crippen LogP contribution in [0.4, 0.5) is 0 Å². The van der Waals surface area contributed by atoms with Gasteiger partial charge in [0, 0.05) is 34.0 Å². The van der Waals surface area contributed by atoms with Gasteiger partial charge in [0.05, 0.1) is 5.41 Å². The highest BCUT2D eigenvalue weighted by Crippen LogP contribution is 2.56. The molecular weight excluding hydrogens is 621 g/mol. The van der Waals surface area contributed by atoms with Gasteiger partial charge in [-0.25, -0.2) is 15.0 Å². The van der Waals surface area contributed by atoms with Crippen LogP contribution < -0.4 is 0 Å². The third-order valence-electron chi connectivity index (χ3n) is 10.5. The normalized spacial score (nSPS) is 15.8. The van der Waals surface area contributed by atoms with Gasteiger partial charge in [0.15, 0.2) is 17.5 Å². The largest absolute Gasteiger partial charge is 0.263 e. The molecule has 1 aliphatic carbocycles. The lowest BCUT2D eigenvalue weighted by atomic mass is 9.67. The van der Waals surface area contributed by atoms with Crippen molar-refractivity contribution in [2.75, 3.05) is 0 Å². The minimum atomic E-state index is -0.507. The smallest absolute Gasteiger partial charge is 0.164 e. The van der Waals surface area contributed by atoms with E-state index in [9.17, 15) is 0 Å². The number of benzene rings is 6. The Morgan fingerprint density at radius 1 is 0.490 bits per heavy atom. The SMILES string of the molecule is CC1=CCC(c2ccc(-c3nc(-c4ccccc4)nc(-c4ccc5c(c4)C(c4ccccc4)(c4ccccc4)c4ccccc4-5)n3)cc2)C(C)=N1. The molecule has 1 atom stereocenters. The van der Waals surface area contributed by atoms with Crippen molar-refractivity contribution in [2.24, 2.45) is 4.99 Å². The van der Waals surface area contributed by atoms with Crippen molar-refractivity contribution in [3.8, 4) is 45.3 Å². The molecule has 1 aliphatic heterocycles. The zero-order chi connectivity index (χ0) is 34.4. The van der Waals surface area contributed by atoms with Crippen molar-refractivity contribution in [1.82, 2.24) is 15.0 Å². The molecule has 0 saturated carbocycles. The first-order valence-corrected chi connectivity index (χ1v) is 17.6. The number of aromatic nitrogens is 3. The maximum Gasteiger partial charge on any atom is 0.164 e. The van der Waals surface area contributed by atoms with E-state index in [-0.39, 0.29) is 5.92 Å². The lowest BCUT2D eigenvalue weighted by molar-refractivity contribution is 0.768. The van der Waals surface area contributed by atoms with Crippen molar-refractivity contribution in [3.05, 3.63) is 197 Å². The molecule has 9 rings (SSSR count). The number of aliphatic imine (C=N–C) groups is 1. The third kappa shape index (κ3) is 5.23. The summed E-state index contributed by atoms with van der Waals surface area (Å²) < 4.78 is 0. The molecule has 1 aromatic heterocycles. The molecule has 0 spiro atoms. The van der Waals surface area contributed by atoms with E-state index in [1.807, 2.05) is 18.2 Å². The Kier molecular flexibility index (Phi) is 7.58. The Bertz CT molecular complexity index is 2410. The first-order chi connectivity index (χ1) is 25.1. The van der Waals surface area contributed by atoms with Crippen LogP contribution in [0.1, 0.15) is 54.0 Å². The van der Waals surface area contributed by atoms with Crippen LogP contribution in [0.2, 0.25) is 0 Å². The quantitative estimate of drug-likeness (QED) is 0.179. The Labute approximate surface area is 299 Å². The van der Waals surface area contributed by atoms with Gasteiger partial charge in [-0.1, -0.05) is 158 Å². The Hall–Kier alpha value is -6.26. The lowest BCUT2D eigenvalue weighted by Crippen LogP contribution is -2.28. The number of hydrogen-bond acceptors (Lipinski definition) is 4. The summed E-state index contributed by atoms with van der Waals surface area (Å²) in [5.74, 6) is 2.22. The van der Waals surface area contributed by atoms with E-state index < -0.39 is 5.41 Å². The van der Waals surface area contributed by atoms with Gasteiger partial charge in [0.25, 0.3) is 0 Å². The molecule has 51 heavy (non-hydrogen) atoms. The second kappa shape index (κ2) is 12.6. The van der Waals surface area contributed by atoms with Gasteiger partial charge in [-0.2, -0.15) is 0 Å². The lowest BCUT2D eigenvalue weighted by Gasteiger charge is -2.34. The van der Waals surface area contributed by atoms with Crippen LogP contribution in [0, 0.1) is 0 Å². The summed E-state index contributed by atoms with van der Waals surface area (Å²) in [5, 5.41) is 0. The van der Waals surface area contributed by atoms with Crippen LogP contribution in [0.5, 0.6) is 0 Å². The monoisotopic (exact) mass is 656 g/mol. The van der Waals surface area contributed by atoms with E-state index >= 15 is 0 Å². The highest BCUT2D eigenvalue weighted by atomic mass is 15.0. The first-order valence-electron chi connectivity index (χ1n) is 17.6. The van der Waals surface area contributed by atoms with E-state index in [2.05, 4.69) is 159 Å². The third-order valence-corrected chi connectivity index (χ3v) is 10.5. The van der Waals surface area contributed by atoms with Crippen molar-refractivity contribution in [2.45, 2.75) is 31.6 Å². The van der Waals surface area contributed by atoms with E-state index in [4.69, 9.17) is 19.9 Å².